The van der Waals surface area contributed by atoms with Gasteiger partial charge in [-0.15, -0.1) is 10.2 Å². The lowest BCUT2D eigenvalue weighted by molar-refractivity contribution is 0.0946. The van der Waals surface area contributed by atoms with E-state index in [-0.39, 0.29) is 17.5 Å². The van der Waals surface area contributed by atoms with Crippen LogP contribution in [0.15, 0.2) is 48.5 Å². The summed E-state index contributed by atoms with van der Waals surface area (Å²) in [7, 11) is 0. The van der Waals surface area contributed by atoms with E-state index in [2.05, 4.69) is 20.8 Å². The zero-order valence-electron chi connectivity index (χ0n) is 14.9. The highest BCUT2D eigenvalue weighted by molar-refractivity contribution is 7.13. The molecule has 0 spiro atoms. The van der Waals surface area contributed by atoms with Gasteiger partial charge in [-0.05, 0) is 43.3 Å². The zero-order valence-corrected chi connectivity index (χ0v) is 15.8. The molecule has 0 saturated heterocycles. The van der Waals surface area contributed by atoms with Gasteiger partial charge >= 0.3 is 0 Å². The lowest BCUT2D eigenvalue weighted by Crippen LogP contribution is -2.23. The lowest BCUT2D eigenvalue weighted by Gasteiger charge is -2.09. The van der Waals surface area contributed by atoms with Crippen LogP contribution in [-0.2, 0) is 6.54 Å². The Morgan fingerprint density at radius 3 is 2.57 bits per heavy atom. The van der Waals surface area contributed by atoms with Gasteiger partial charge in [-0.2, -0.15) is 0 Å². The first kappa shape index (κ1) is 19.4. The minimum Gasteiger partial charge on any atom is -0.493 e. The fourth-order valence-electron chi connectivity index (χ4n) is 2.32. The van der Waals surface area contributed by atoms with Gasteiger partial charge in [0.25, 0.3) is 11.8 Å². The number of amides is 2. The van der Waals surface area contributed by atoms with Crippen LogP contribution in [0.1, 0.15) is 32.1 Å². The Morgan fingerprint density at radius 2 is 1.82 bits per heavy atom. The summed E-state index contributed by atoms with van der Waals surface area (Å²) < 4.78 is 18.4. The van der Waals surface area contributed by atoms with Crippen molar-refractivity contribution in [3.8, 4) is 5.75 Å². The maximum Gasteiger partial charge on any atom is 0.286 e. The fraction of sp³-hybridized carbons (Fsp3) is 0.158. The van der Waals surface area contributed by atoms with Crippen molar-refractivity contribution in [1.29, 1.82) is 0 Å². The quantitative estimate of drug-likeness (QED) is 0.635. The maximum absolute atomic E-state index is 12.9. The molecule has 0 aliphatic rings. The van der Waals surface area contributed by atoms with Crippen LogP contribution in [-0.4, -0.2) is 28.6 Å². The Balaban J connectivity index is 1.59. The molecule has 2 amide bonds. The van der Waals surface area contributed by atoms with Crippen molar-refractivity contribution < 1.29 is 18.7 Å². The van der Waals surface area contributed by atoms with Crippen LogP contribution in [0, 0.1) is 5.82 Å². The summed E-state index contributed by atoms with van der Waals surface area (Å²) in [4.78, 5) is 24.6. The predicted molar refractivity (Wildman–Crippen MR) is 103 cm³/mol. The van der Waals surface area contributed by atoms with Crippen molar-refractivity contribution in [2.24, 2.45) is 0 Å². The normalized spacial score (nSPS) is 10.4. The van der Waals surface area contributed by atoms with Gasteiger partial charge in [0.1, 0.15) is 16.6 Å². The molecule has 9 heteroatoms. The molecule has 0 fully saturated rings. The standard InChI is InChI=1S/C19H17FN4O3S/c1-2-27-15-6-4-3-5-14(15)17(25)21-11-16-23-24-19(28-16)18(26)22-13-9-7-12(20)8-10-13/h3-10H,2,11H2,1H3,(H,21,25)(H,22,26). The molecular weight excluding hydrogens is 383 g/mol. The smallest absolute Gasteiger partial charge is 0.286 e. The number of nitrogens with one attached hydrogen (secondary N) is 2. The number of anilines is 1. The molecule has 144 valence electrons. The van der Waals surface area contributed by atoms with Gasteiger partial charge in [-0.1, -0.05) is 23.5 Å². The first-order valence-corrected chi connectivity index (χ1v) is 9.27. The number of hydrogen-bond acceptors (Lipinski definition) is 6. The van der Waals surface area contributed by atoms with E-state index < -0.39 is 11.7 Å². The summed E-state index contributed by atoms with van der Waals surface area (Å²) in [6, 6.07) is 12.3. The predicted octanol–water partition coefficient (Wildman–Crippen LogP) is 3.26. The van der Waals surface area contributed by atoms with Crippen LogP contribution in [0.5, 0.6) is 5.75 Å². The van der Waals surface area contributed by atoms with E-state index in [4.69, 9.17) is 4.74 Å². The first-order valence-electron chi connectivity index (χ1n) is 8.46. The molecule has 0 unspecified atom stereocenters. The number of para-hydroxylation sites is 1. The average Bonchev–Trinajstić information content (AvgIpc) is 3.18. The van der Waals surface area contributed by atoms with Crippen LogP contribution < -0.4 is 15.4 Å². The zero-order chi connectivity index (χ0) is 19.9. The molecule has 0 saturated carbocycles. The number of rotatable bonds is 7. The SMILES string of the molecule is CCOc1ccccc1C(=O)NCc1nnc(C(=O)Nc2ccc(F)cc2)s1. The molecule has 28 heavy (non-hydrogen) atoms. The van der Waals surface area contributed by atoms with Crippen LogP contribution in [0.25, 0.3) is 0 Å². The molecule has 3 rings (SSSR count). The largest absolute Gasteiger partial charge is 0.493 e. The second-order valence-electron chi connectivity index (χ2n) is 5.57. The third kappa shape index (κ3) is 4.89. The van der Waals surface area contributed by atoms with E-state index in [0.717, 1.165) is 11.3 Å². The second-order valence-corrected chi connectivity index (χ2v) is 6.64. The number of carbonyl (C=O) groups excluding carboxylic acids is 2. The number of halogens is 1. The Kier molecular flexibility index (Phi) is 6.28. The van der Waals surface area contributed by atoms with Crippen molar-refractivity contribution in [3.05, 3.63) is 69.9 Å². The van der Waals surface area contributed by atoms with E-state index in [1.165, 1.54) is 24.3 Å². The number of hydrogen-bond donors (Lipinski definition) is 2. The van der Waals surface area contributed by atoms with Gasteiger partial charge in [0, 0.05) is 5.69 Å². The molecule has 2 N–H and O–H groups in total. The van der Waals surface area contributed by atoms with E-state index in [1.807, 2.05) is 6.92 Å². The monoisotopic (exact) mass is 400 g/mol. The summed E-state index contributed by atoms with van der Waals surface area (Å²) >= 11 is 1.06. The Labute approximate surface area is 164 Å². The molecule has 0 atom stereocenters. The Bertz CT molecular complexity index is 975. The molecule has 0 bridgehead atoms. The third-order valence-electron chi connectivity index (χ3n) is 3.59. The first-order chi connectivity index (χ1) is 13.6. The van der Waals surface area contributed by atoms with Crippen LogP contribution in [0.4, 0.5) is 10.1 Å². The van der Waals surface area contributed by atoms with E-state index in [0.29, 0.717) is 28.6 Å². The molecule has 0 aliphatic carbocycles. The van der Waals surface area contributed by atoms with E-state index >= 15 is 0 Å². The number of aromatic nitrogens is 2. The third-order valence-corrected chi connectivity index (χ3v) is 4.52. The summed E-state index contributed by atoms with van der Waals surface area (Å²) in [5, 5.41) is 13.7. The van der Waals surface area contributed by atoms with Gasteiger partial charge in [0.2, 0.25) is 5.01 Å². The molecular formula is C19H17FN4O3S. The number of nitrogens with zero attached hydrogens (tertiary/aromatic N) is 2. The van der Waals surface area contributed by atoms with Crippen LogP contribution in [0.2, 0.25) is 0 Å². The average molecular weight is 400 g/mol. The van der Waals surface area contributed by atoms with Crippen molar-refractivity contribution in [2.75, 3.05) is 11.9 Å². The van der Waals surface area contributed by atoms with Crippen molar-refractivity contribution in [1.82, 2.24) is 15.5 Å². The highest BCUT2D eigenvalue weighted by atomic mass is 32.1. The summed E-state index contributed by atoms with van der Waals surface area (Å²) in [6.45, 7) is 2.42. The summed E-state index contributed by atoms with van der Waals surface area (Å²) in [5.74, 6) is -0.656. The highest BCUT2D eigenvalue weighted by Gasteiger charge is 2.15. The van der Waals surface area contributed by atoms with Crippen molar-refractivity contribution in [2.45, 2.75) is 13.5 Å². The van der Waals surface area contributed by atoms with Crippen molar-refractivity contribution >= 4 is 28.8 Å². The maximum atomic E-state index is 12.9. The van der Waals surface area contributed by atoms with Gasteiger partial charge < -0.3 is 15.4 Å². The van der Waals surface area contributed by atoms with Crippen LogP contribution in [0.3, 0.4) is 0 Å². The lowest BCUT2D eigenvalue weighted by atomic mass is 10.2. The highest BCUT2D eigenvalue weighted by Crippen LogP contribution is 2.18. The van der Waals surface area contributed by atoms with Crippen LogP contribution >= 0.6 is 11.3 Å². The van der Waals surface area contributed by atoms with Gasteiger partial charge in [0.15, 0.2) is 0 Å². The summed E-state index contributed by atoms with van der Waals surface area (Å²) in [5.41, 5.74) is 0.868. The Hall–Kier alpha value is -3.33. The van der Waals surface area contributed by atoms with Crippen molar-refractivity contribution in [3.63, 3.8) is 0 Å². The molecule has 0 radical (unpaired) electrons. The molecule has 1 heterocycles. The minimum atomic E-state index is -0.455. The second kappa shape index (κ2) is 9.05. The van der Waals surface area contributed by atoms with Gasteiger partial charge in [0.05, 0.1) is 18.7 Å². The minimum absolute atomic E-state index is 0.126. The fourth-order valence-corrected chi connectivity index (χ4v) is 3.00. The molecule has 2 aromatic carbocycles. The van der Waals surface area contributed by atoms with E-state index in [9.17, 15) is 14.0 Å². The van der Waals surface area contributed by atoms with Gasteiger partial charge in [-0.3, -0.25) is 9.59 Å². The molecule has 0 aliphatic heterocycles. The number of carbonyl (C=O) groups is 2. The Morgan fingerprint density at radius 1 is 1.07 bits per heavy atom. The molecule has 3 aromatic rings. The van der Waals surface area contributed by atoms with E-state index in [1.54, 1.807) is 24.3 Å². The number of ether oxygens (including phenoxy) is 1. The molecule has 7 nitrogen and oxygen atoms in total. The molecule has 1 aromatic heterocycles. The summed E-state index contributed by atoms with van der Waals surface area (Å²) in [6.07, 6.45) is 0. The number of benzene rings is 2. The topological polar surface area (TPSA) is 93.2 Å². The van der Waals surface area contributed by atoms with Gasteiger partial charge in [-0.25, -0.2) is 4.39 Å².